The third-order valence-corrected chi connectivity index (χ3v) is 7.50. The van der Waals surface area contributed by atoms with Crippen LogP contribution in [0.15, 0.2) is 47.4 Å². The molecule has 1 amide bonds. The summed E-state index contributed by atoms with van der Waals surface area (Å²) >= 11 is 0. The second-order valence-corrected chi connectivity index (χ2v) is 9.96. The molecule has 7 nitrogen and oxygen atoms in total. The molecule has 3 rings (SSSR count). The second kappa shape index (κ2) is 10.7. The number of carbonyl (C=O) groups excluding carboxylic acids is 2. The zero-order chi connectivity index (χ0) is 23.1. The summed E-state index contributed by atoms with van der Waals surface area (Å²) in [7, 11) is -2.21. The van der Waals surface area contributed by atoms with Gasteiger partial charge < -0.3 is 10.1 Å². The smallest absolute Gasteiger partial charge is 0.243 e. The number of carbonyl (C=O) groups is 2. The third kappa shape index (κ3) is 5.95. The van der Waals surface area contributed by atoms with E-state index in [2.05, 4.69) is 5.32 Å². The molecule has 32 heavy (non-hydrogen) atoms. The van der Waals surface area contributed by atoms with E-state index in [0.29, 0.717) is 24.4 Å². The minimum Gasteiger partial charge on any atom is -0.495 e. The van der Waals surface area contributed by atoms with Crippen LogP contribution in [-0.4, -0.2) is 44.6 Å². The van der Waals surface area contributed by atoms with Gasteiger partial charge in [0.25, 0.3) is 0 Å². The highest BCUT2D eigenvalue weighted by Gasteiger charge is 2.26. The van der Waals surface area contributed by atoms with Crippen LogP contribution >= 0.6 is 0 Å². The zero-order valence-corrected chi connectivity index (χ0v) is 19.4. The van der Waals surface area contributed by atoms with Crippen molar-refractivity contribution in [2.24, 2.45) is 0 Å². The van der Waals surface area contributed by atoms with E-state index in [1.807, 2.05) is 19.1 Å². The third-order valence-electron chi connectivity index (χ3n) is 5.60. The van der Waals surface area contributed by atoms with Gasteiger partial charge >= 0.3 is 0 Å². The lowest BCUT2D eigenvalue weighted by Gasteiger charge is -2.21. The number of anilines is 1. The van der Waals surface area contributed by atoms with E-state index in [-0.39, 0.29) is 35.1 Å². The topological polar surface area (TPSA) is 92.8 Å². The van der Waals surface area contributed by atoms with Crippen LogP contribution in [-0.2, 0) is 14.8 Å². The summed E-state index contributed by atoms with van der Waals surface area (Å²) in [5.41, 5.74) is 1.89. The number of sulfonamides is 1. The molecule has 0 spiro atoms. The molecule has 0 radical (unpaired) electrons. The van der Waals surface area contributed by atoms with Gasteiger partial charge in [-0.2, -0.15) is 4.31 Å². The van der Waals surface area contributed by atoms with Crippen molar-refractivity contribution in [2.75, 3.05) is 25.5 Å². The molecule has 1 saturated heterocycles. The molecular weight excluding hydrogens is 428 g/mol. The number of nitrogens with one attached hydrogen (secondary N) is 1. The molecule has 0 unspecified atom stereocenters. The monoisotopic (exact) mass is 458 g/mol. The maximum atomic E-state index is 13.1. The molecule has 1 heterocycles. The van der Waals surface area contributed by atoms with Crippen LogP contribution < -0.4 is 10.1 Å². The van der Waals surface area contributed by atoms with Gasteiger partial charge in [-0.25, -0.2) is 8.42 Å². The average molecular weight is 459 g/mol. The number of nitrogens with zero attached hydrogens (tertiary/aromatic N) is 1. The van der Waals surface area contributed by atoms with Crippen molar-refractivity contribution in [3.8, 4) is 5.75 Å². The number of hydrogen-bond donors (Lipinski definition) is 1. The van der Waals surface area contributed by atoms with Crippen molar-refractivity contribution >= 4 is 27.4 Å². The van der Waals surface area contributed by atoms with Crippen molar-refractivity contribution < 1.29 is 22.7 Å². The molecule has 8 heteroatoms. The van der Waals surface area contributed by atoms with E-state index in [1.54, 1.807) is 12.1 Å². The summed E-state index contributed by atoms with van der Waals surface area (Å²) in [5.74, 6) is -0.143. The van der Waals surface area contributed by atoms with Gasteiger partial charge in [-0.15, -0.1) is 0 Å². The van der Waals surface area contributed by atoms with Crippen molar-refractivity contribution in [3.05, 3.63) is 53.6 Å². The van der Waals surface area contributed by atoms with E-state index < -0.39 is 10.0 Å². The van der Waals surface area contributed by atoms with Gasteiger partial charge in [-0.3, -0.25) is 9.59 Å². The zero-order valence-electron chi connectivity index (χ0n) is 18.6. The first kappa shape index (κ1) is 23.9. The summed E-state index contributed by atoms with van der Waals surface area (Å²) < 4.78 is 33.0. The van der Waals surface area contributed by atoms with Gasteiger partial charge in [0.15, 0.2) is 5.78 Å². The molecule has 1 fully saturated rings. The highest BCUT2D eigenvalue weighted by Crippen LogP contribution is 2.30. The van der Waals surface area contributed by atoms with Crippen LogP contribution in [0.25, 0.3) is 0 Å². The van der Waals surface area contributed by atoms with Crippen LogP contribution in [0.3, 0.4) is 0 Å². The normalized spacial score (nSPS) is 15.1. The molecule has 0 saturated carbocycles. The lowest BCUT2D eigenvalue weighted by atomic mass is 10.0. The van der Waals surface area contributed by atoms with E-state index in [1.165, 1.54) is 29.6 Å². The lowest BCUT2D eigenvalue weighted by molar-refractivity contribution is -0.116. The minimum absolute atomic E-state index is 0.0149. The fourth-order valence-electron chi connectivity index (χ4n) is 3.70. The fraction of sp³-hybridized carbons (Fsp3) is 0.417. The predicted octanol–water partition coefficient (Wildman–Crippen LogP) is 4.17. The first-order chi connectivity index (χ1) is 15.3. The molecule has 1 N–H and O–H groups in total. The highest BCUT2D eigenvalue weighted by molar-refractivity contribution is 7.89. The Labute approximate surface area is 189 Å². The number of ether oxygens (including phenoxy) is 1. The molecule has 172 valence electrons. The van der Waals surface area contributed by atoms with E-state index in [9.17, 15) is 18.0 Å². The van der Waals surface area contributed by atoms with Crippen molar-refractivity contribution in [1.82, 2.24) is 4.31 Å². The summed E-state index contributed by atoms with van der Waals surface area (Å²) in [5, 5.41) is 2.71. The Morgan fingerprint density at radius 2 is 1.62 bits per heavy atom. The fourth-order valence-corrected chi connectivity index (χ4v) is 5.24. The summed E-state index contributed by atoms with van der Waals surface area (Å²) in [6.45, 7) is 2.94. The Bertz CT molecular complexity index is 1060. The Morgan fingerprint density at radius 3 is 2.25 bits per heavy atom. The molecule has 0 aromatic heterocycles. The molecule has 2 aromatic carbocycles. The Kier molecular flexibility index (Phi) is 8.04. The Balaban J connectivity index is 1.70. The van der Waals surface area contributed by atoms with Gasteiger partial charge in [-0.05, 0) is 38.0 Å². The summed E-state index contributed by atoms with van der Waals surface area (Å²) in [6.07, 6.45) is 3.78. The first-order valence-electron chi connectivity index (χ1n) is 10.9. The van der Waals surface area contributed by atoms with Crippen LogP contribution in [0, 0.1) is 6.92 Å². The van der Waals surface area contributed by atoms with E-state index >= 15 is 0 Å². The van der Waals surface area contributed by atoms with Crippen molar-refractivity contribution in [3.63, 3.8) is 0 Å². The standard InChI is InChI=1S/C24H30N2O5S/c1-18-7-9-19(10-8-18)22(27)12-14-24(28)25-21-17-20(11-13-23(21)31-2)32(29,30)26-15-5-3-4-6-16-26/h7-11,13,17H,3-6,12,14-16H2,1-2H3,(H,25,28). The Morgan fingerprint density at radius 1 is 0.969 bits per heavy atom. The number of aryl methyl sites for hydroxylation is 1. The van der Waals surface area contributed by atoms with Crippen LogP contribution in [0.5, 0.6) is 5.75 Å². The maximum Gasteiger partial charge on any atom is 0.243 e. The van der Waals surface area contributed by atoms with Gasteiger partial charge in [0.2, 0.25) is 15.9 Å². The van der Waals surface area contributed by atoms with Crippen LogP contribution in [0.1, 0.15) is 54.4 Å². The number of hydrogen-bond acceptors (Lipinski definition) is 5. The summed E-state index contributed by atoms with van der Waals surface area (Å²) in [6, 6.07) is 11.7. The molecule has 0 bridgehead atoms. The van der Waals surface area contributed by atoms with E-state index in [4.69, 9.17) is 4.74 Å². The molecule has 0 aliphatic carbocycles. The quantitative estimate of drug-likeness (QED) is 0.600. The maximum absolute atomic E-state index is 13.1. The minimum atomic E-state index is -3.66. The lowest BCUT2D eigenvalue weighted by Crippen LogP contribution is -2.32. The van der Waals surface area contributed by atoms with Gasteiger partial charge in [0.1, 0.15) is 5.75 Å². The molecule has 0 atom stereocenters. The second-order valence-electron chi connectivity index (χ2n) is 8.02. The van der Waals surface area contributed by atoms with Gasteiger partial charge in [0, 0.05) is 31.5 Å². The summed E-state index contributed by atoms with van der Waals surface area (Å²) in [4.78, 5) is 25.0. The number of Topliss-reactive ketones (excluding diaryl/α,β-unsaturated/α-hetero) is 1. The van der Waals surface area contributed by atoms with Crippen LogP contribution in [0.4, 0.5) is 5.69 Å². The van der Waals surface area contributed by atoms with E-state index in [0.717, 1.165) is 31.2 Å². The van der Waals surface area contributed by atoms with Crippen LogP contribution in [0.2, 0.25) is 0 Å². The van der Waals surface area contributed by atoms with Gasteiger partial charge in [0.05, 0.1) is 17.7 Å². The van der Waals surface area contributed by atoms with Gasteiger partial charge in [-0.1, -0.05) is 42.7 Å². The SMILES string of the molecule is COc1ccc(S(=O)(=O)N2CCCCCC2)cc1NC(=O)CCC(=O)c1ccc(C)cc1. The number of rotatable bonds is 8. The molecule has 1 aliphatic rings. The number of ketones is 1. The average Bonchev–Trinajstić information content (AvgIpc) is 3.08. The largest absolute Gasteiger partial charge is 0.495 e. The predicted molar refractivity (Wildman–Crippen MR) is 124 cm³/mol. The molecular formula is C24H30N2O5S. The van der Waals surface area contributed by atoms with Crippen molar-refractivity contribution in [1.29, 1.82) is 0 Å². The molecule has 1 aliphatic heterocycles. The number of methoxy groups -OCH3 is 1. The highest BCUT2D eigenvalue weighted by atomic mass is 32.2. The first-order valence-corrected chi connectivity index (χ1v) is 12.3. The molecule has 2 aromatic rings. The Hall–Kier alpha value is -2.71. The number of benzene rings is 2. The number of amides is 1. The van der Waals surface area contributed by atoms with Crippen molar-refractivity contribution in [2.45, 2.75) is 50.3 Å².